The Morgan fingerprint density at radius 1 is 1.31 bits per heavy atom. The van der Waals surface area contributed by atoms with Crippen molar-refractivity contribution in [1.82, 2.24) is 14.8 Å². The quantitative estimate of drug-likeness (QED) is 0.818. The van der Waals surface area contributed by atoms with Gasteiger partial charge < -0.3 is 16.0 Å². The first-order valence-electron chi connectivity index (χ1n) is 10.0. The first kappa shape index (κ1) is 19.6. The molecule has 3 heterocycles. The summed E-state index contributed by atoms with van der Waals surface area (Å²) in [4.78, 5) is 20.4. The van der Waals surface area contributed by atoms with Crippen molar-refractivity contribution in [2.24, 2.45) is 5.73 Å². The number of nitriles is 1. The van der Waals surface area contributed by atoms with Gasteiger partial charge in [-0.05, 0) is 37.1 Å². The molecule has 2 saturated heterocycles. The normalized spacial score (nSPS) is 23.3. The summed E-state index contributed by atoms with van der Waals surface area (Å²) in [6.07, 6.45) is 0.533. The third-order valence-corrected chi connectivity index (χ3v) is 5.77. The Morgan fingerprint density at radius 2 is 2.10 bits per heavy atom. The summed E-state index contributed by atoms with van der Waals surface area (Å²) in [5.41, 5.74) is 8.07. The maximum absolute atomic E-state index is 13.5. The van der Waals surface area contributed by atoms with Gasteiger partial charge in [0.1, 0.15) is 17.9 Å². The molecule has 152 valence electrons. The minimum absolute atomic E-state index is 0.0857. The Morgan fingerprint density at radius 3 is 2.79 bits per heavy atom. The van der Waals surface area contributed by atoms with E-state index in [4.69, 9.17) is 11.0 Å². The second kappa shape index (κ2) is 8.31. The Kier molecular flexibility index (Phi) is 5.60. The van der Waals surface area contributed by atoms with E-state index in [9.17, 15) is 9.18 Å². The van der Waals surface area contributed by atoms with E-state index in [2.05, 4.69) is 21.3 Å². The summed E-state index contributed by atoms with van der Waals surface area (Å²) < 4.78 is 13.5. The summed E-state index contributed by atoms with van der Waals surface area (Å²) in [5, 5.41) is 13.6. The second-order valence-corrected chi connectivity index (χ2v) is 7.82. The van der Waals surface area contributed by atoms with Crippen molar-refractivity contribution < 1.29 is 9.18 Å². The Labute approximate surface area is 169 Å². The van der Waals surface area contributed by atoms with Gasteiger partial charge in [-0.3, -0.25) is 9.69 Å². The number of nitrogens with two attached hydrogens (primary N) is 1. The number of nitrogens with one attached hydrogen (secondary N) is 1. The highest BCUT2D eigenvalue weighted by Gasteiger charge is 2.33. The molecule has 2 aliphatic heterocycles. The molecule has 7 nitrogen and oxygen atoms in total. The number of rotatable bonds is 4. The van der Waals surface area contributed by atoms with Crippen LogP contribution in [0.1, 0.15) is 25.0 Å². The number of piperidine rings is 1. The van der Waals surface area contributed by atoms with Gasteiger partial charge in [0.2, 0.25) is 5.91 Å². The van der Waals surface area contributed by atoms with Crippen molar-refractivity contribution in [3.63, 3.8) is 0 Å². The molecule has 4 rings (SSSR count). The van der Waals surface area contributed by atoms with Crippen LogP contribution < -0.4 is 11.1 Å². The Balaban J connectivity index is 1.33. The van der Waals surface area contributed by atoms with Crippen molar-refractivity contribution in [3.05, 3.63) is 36.0 Å². The largest absolute Gasteiger partial charge is 0.382 e. The molecular weight excluding hydrogens is 371 g/mol. The number of benzene rings is 1. The zero-order valence-electron chi connectivity index (χ0n) is 16.2. The van der Waals surface area contributed by atoms with Crippen LogP contribution in [0.5, 0.6) is 0 Å². The number of carbonyl (C=O) groups is 1. The Bertz CT molecular complexity index is 936. The zero-order chi connectivity index (χ0) is 20.4. The third-order valence-electron chi connectivity index (χ3n) is 5.77. The minimum Gasteiger partial charge on any atom is -0.382 e. The molecule has 1 aromatic carbocycles. The van der Waals surface area contributed by atoms with E-state index in [0.717, 1.165) is 42.5 Å². The lowest BCUT2D eigenvalue weighted by molar-refractivity contribution is -0.133. The smallest absolute Gasteiger partial charge is 0.238 e. The number of fused-ring (bicyclic) bond motifs is 1. The number of halogens is 1. The number of alkyl halides is 1. The van der Waals surface area contributed by atoms with Gasteiger partial charge in [-0.1, -0.05) is 6.07 Å². The Hall–Kier alpha value is -2.76. The minimum atomic E-state index is -1.01. The highest BCUT2D eigenvalue weighted by molar-refractivity contribution is 5.91. The highest BCUT2D eigenvalue weighted by atomic mass is 19.1. The van der Waals surface area contributed by atoms with Crippen LogP contribution in [-0.4, -0.2) is 65.2 Å². The molecule has 29 heavy (non-hydrogen) atoms. The number of amides is 1. The molecule has 0 bridgehead atoms. The van der Waals surface area contributed by atoms with Crippen molar-refractivity contribution >= 4 is 22.5 Å². The first-order valence-corrected chi connectivity index (χ1v) is 10.0. The third kappa shape index (κ3) is 4.31. The van der Waals surface area contributed by atoms with Crippen molar-refractivity contribution in [2.45, 2.75) is 37.6 Å². The van der Waals surface area contributed by atoms with Crippen molar-refractivity contribution in [1.29, 1.82) is 5.26 Å². The van der Waals surface area contributed by atoms with Crippen LogP contribution >= 0.6 is 0 Å². The lowest BCUT2D eigenvalue weighted by Gasteiger charge is -2.34. The lowest BCUT2D eigenvalue weighted by Crippen LogP contribution is -2.48. The fourth-order valence-corrected chi connectivity index (χ4v) is 4.18. The topological polar surface area (TPSA) is 98.3 Å². The monoisotopic (exact) mass is 396 g/mol. The summed E-state index contributed by atoms with van der Waals surface area (Å²) in [7, 11) is 0. The zero-order valence-corrected chi connectivity index (χ0v) is 16.2. The lowest BCUT2D eigenvalue weighted by atomic mass is 10.0. The van der Waals surface area contributed by atoms with E-state index in [1.807, 2.05) is 24.3 Å². The number of likely N-dealkylation sites (tertiary alicyclic amines) is 2. The van der Waals surface area contributed by atoms with E-state index < -0.39 is 12.3 Å². The molecule has 0 spiro atoms. The average Bonchev–Trinajstić information content (AvgIpc) is 3.07. The van der Waals surface area contributed by atoms with E-state index in [1.165, 1.54) is 4.90 Å². The standard InChI is InChI=1S/C21H25FN6O/c22-14-10-20(24)28(12-14)21(29)13-27-8-6-15(7-9-27)25-18-2-1-3-19-17(18)5-4-16(11-23)26-19/h1-5,14-15,20,25H,6-10,12-13,24H2/t14-,20-/m0/s1. The summed E-state index contributed by atoms with van der Waals surface area (Å²) >= 11 is 0. The molecular formula is C21H25FN6O. The van der Waals surface area contributed by atoms with Gasteiger partial charge in [-0.2, -0.15) is 5.26 Å². The van der Waals surface area contributed by atoms with Crippen LogP contribution in [0.3, 0.4) is 0 Å². The van der Waals surface area contributed by atoms with Crippen LogP contribution in [0.4, 0.5) is 10.1 Å². The SMILES string of the molecule is N#Cc1ccc2c(NC3CCN(CC(=O)N4C[C@@H](F)C[C@H]4N)CC3)cccc2n1. The molecule has 0 unspecified atom stereocenters. The van der Waals surface area contributed by atoms with Gasteiger partial charge in [-0.15, -0.1) is 0 Å². The summed E-state index contributed by atoms with van der Waals surface area (Å²) in [5.74, 6) is -0.0857. The maximum atomic E-state index is 13.5. The maximum Gasteiger partial charge on any atom is 0.238 e. The van der Waals surface area contributed by atoms with E-state index >= 15 is 0 Å². The van der Waals surface area contributed by atoms with Crippen LogP contribution in [0, 0.1) is 11.3 Å². The number of hydrogen-bond donors (Lipinski definition) is 2. The van der Waals surface area contributed by atoms with Gasteiger partial charge in [0.05, 0.1) is 24.8 Å². The van der Waals surface area contributed by atoms with Crippen molar-refractivity contribution in [3.8, 4) is 6.07 Å². The van der Waals surface area contributed by atoms with E-state index in [-0.39, 0.29) is 18.9 Å². The molecule has 3 N–H and O–H groups in total. The number of carbonyl (C=O) groups excluding carboxylic acids is 1. The molecule has 1 amide bonds. The number of aromatic nitrogens is 1. The molecule has 1 aromatic heterocycles. The average molecular weight is 396 g/mol. The molecule has 8 heteroatoms. The molecule has 0 radical (unpaired) electrons. The first-order chi connectivity index (χ1) is 14.0. The number of pyridine rings is 1. The number of nitrogens with zero attached hydrogens (tertiary/aromatic N) is 4. The van der Waals surface area contributed by atoms with Crippen LogP contribution in [0.25, 0.3) is 10.9 Å². The molecule has 2 aliphatic rings. The van der Waals surface area contributed by atoms with E-state index in [1.54, 1.807) is 6.07 Å². The van der Waals surface area contributed by atoms with Crippen LogP contribution in [0.2, 0.25) is 0 Å². The summed E-state index contributed by atoms with van der Waals surface area (Å²) in [6, 6.07) is 11.9. The fraction of sp³-hybridized carbons (Fsp3) is 0.476. The van der Waals surface area contributed by atoms with Crippen LogP contribution in [0.15, 0.2) is 30.3 Å². The second-order valence-electron chi connectivity index (χ2n) is 7.82. The van der Waals surface area contributed by atoms with Gasteiger partial charge >= 0.3 is 0 Å². The fourth-order valence-electron chi connectivity index (χ4n) is 4.18. The van der Waals surface area contributed by atoms with Gasteiger partial charge in [-0.25, -0.2) is 9.37 Å². The molecule has 2 fully saturated rings. The van der Waals surface area contributed by atoms with E-state index in [0.29, 0.717) is 18.3 Å². The predicted octanol–water partition coefficient (Wildman–Crippen LogP) is 1.84. The highest BCUT2D eigenvalue weighted by Crippen LogP contribution is 2.25. The van der Waals surface area contributed by atoms with Gasteiger partial charge in [0.15, 0.2) is 0 Å². The molecule has 0 aliphatic carbocycles. The molecule has 0 saturated carbocycles. The summed E-state index contributed by atoms with van der Waals surface area (Å²) in [6.45, 7) is 2.00. The van der Waals surface area contributed by atoms with Crippen molar-refractivity contribution in [2.75, 3.05) is 31.5 Å². The van der Waals surface area contributed by atoms with Crippen LogP contribution in [-0.2, 0) is 4.79 Å². The number of hydrogen-bond acceptors (Lipinski definition) is 6. The number of anilines is 1. The predicted molar refractivity (Wildman–Crippen MR) is 109 cm³/mol. The molecule has 2 aromatic rings. The molecule has 2 atom stereocenters. The van der Waals surface area contributed by atoms with Gasteiger partial charge in [0, 0.05) is 36.6 Å². The van der Waals surface area contributed by atoms with Gasteiger partial charge in [0.25, 0.3) is 0 Å².